The number of phenols is 1. The van der Waals surface area contributed by atoms with Gasteiger partial charge in [-0.3, -0.25) is 9.88 Å². The van der Waals surface area contributed by atoms with Crippen molar-refractivity contribution in [3.63, 3.8) is 0 Å². The van der Waals surface area contributed by atoms with Gasteiger partial charge in [-0.2, -0.15) is 0 Å². The van der Waals surface area contributed by atoms with E-state index in [1.807, 2.05) is 0 Å². The highest BCUT2D eigenvalue weighted by atomic mass is 16.5. The topological polar surface area (TPSA) is 100.0 Å². The maximum atomic E-state index is 12.1. The van der Waals surface area contributed by atoms with Crippen molar-refractivity contribution in [1.82, 2.24) is 9.88 Å². The second kappa shape index (κ2) is 8.68. The molecule has 0 fully saturated rings. The van der Waals surface area contributed by atoms with Crippen molar-refractivity contribution in [3.8, 4) is 5.75 Å². The van der Waals surface area contributed by atoms with Crippen LogP contribution in [-0.4, -0.2) is 45.3 Å². The van der Waals surface area contributed by atoms with Crippen molar-refractivity contribution in [1.29, 1.82) is 0 Å². The molecule has 0 radical (unpaired) electrons. The zero-order valence-electron chi connectivity index (χ0n) is 13.8. The predicted molar refractivity (Wildman–Crippen MR) is 90.0 cm³/mol. The Morgan fingerprint density at radius 2 is 1.76 bits per heavy atom. The first-order valence-electron chi connectivity index (χ1n) is 7.75. The molecule has 0 aliphatic rings. The van der Waals surface area contributed by atoms with E-state index in [0.717, 1.165) is 16.0 Å². The molecule has 2 N–H and O–H groups in total. The molecule has 2 aromatic rings. The molecule has 0 unspecified atom stereocenters. The maximum absolute atomic E-state index is 12.1. The third kappa shape index (κ3) is 5.20. The van der Waals surface area contributed by atoms with Crippen LogP contribution in [0.15, 0.2) is 48.8 Å². The van der Waals surface area contributed by atoms with Gasteiger partial charge in [0.15, 0.2) is 0 Å². The van der Waals surface area contributed by atoms with Gasteiger partial charge in [0.1, 0.15) is 11.8 Å². The molecular formula is C18H20N2O5. The standard InChI is InChI=1S/C18H20N2O5/c1-25-17(22)16(7-4-13-2-5-15(21)6-3-13)20(18(23)24)12-14-8-10-19-11-9-14/h2-3,5-6,8-11,16,21H,4,7,12H2,1H3,(H,23,24)/t16-/m0/s1. The van der Waals surface area contributed by atoms with Gasteiger partial charge in [0.25, 0.3) is 0 Å². The Hall–Kier alpha value is -3.09. The molecule has 2 rings (SSSR count). The summed E-state index contributed by atoms with van der Waals surface area (Å²) in [4.78, 5) is 28.8. The lowest BCUT2D eigenvalue weighted by Crippen LogP contribution is -2.44. The number of esters is 1. The third-order valence-electron chi connectivity index (χ3n) is 3.84. The van der Waals surface area contributed by atoms with Crippen molar-refractivity contribution in [2.75, 3.05) is 7.11 Å². The molecule has 1 aromatic heterocycles. The molecule has 0 aliphatic carbocycles. The van der Waals surface area contributed by atoms with Crippen molar-refractivity contribution in [2.45, 2.75) is 25.4 Å². The summed E-state index contributed by atoms with van der Waals surface area (Å²) in [5.41, 5.74) is 1.62. The number of carboxylic acid groups (broad SMARTS) is 1. The van der Waals surface area contributed by atoms with Crippen LogP contribution < -0.4 is 0 Å². The lowest BCUT2D eigenvalue weighted by molar-refractivity contribution is -0.146. The predicted octanol–water partition coefficient (Wildman–Crippen LogP) is 2.44. The molecule has 25 heavy (non-hydrogen) atoms. The first-order chi connectivity index (χ1) is 12.0. The molecule has 0 spiro atoms. The van der Waals surface area contributed by atoms with E-state index < -0.39 is 18.1 Å². The zero-order valence-corrected chi connectivity index (χ0v) is 13.8. The van der Waals surface area contributed by atoms with Crippen molar-refractivity contribution >= 4 is 12.1 Å². The average Bonchev–Trinajstić information content (AvgIpc) is 2.62. The van der Waals surface area contributed by atoms with Crippen LogP contribution in [-0.2, 0) is 22.5 Å². The van der Waals surface area contributed by atoms with Crippen molar-refractivity contribution in [2.24, 2.45) is 0 Å². The monoisotopic (exact) mass is 344 g/mol. The fourth-order valence-corrected chi connectivity index (χ4v) is 2.50. The summed E-state index contributed by atoms with van der Waals surface area (Å²) in [5, 5.41) is 18.9. The zero-order chi connectivity index (χ0) is 18.2. The number of ether oxygens (including phenoxy) is 1. The number of rotatable bonds is 7. The molecule has 0 saturated carbocycles. The quantitative estimate of drug-likeness (QED) is 0.748. The second-order valence-electron chi connectivity index (χ2n) is 5.51. The summed E-state index contributed by atoms with van der Waals surface area (Å²) >= 11 is 0. The molecule has 0 aliphatic heterocycles. The van der Waals surface area contributed by atoms with Crippen LogP contribution in [0.5, 0.6) is 5.75 Å². The minimum Gasteiger partial charge on any atom is -0.508 e. The molecule has 132 valence electrons. The number of aromatic hydroxyl groups is 1. The van der Waals surface area contributed by atoms with E-state index in [1.54, 1.807) is 48.8 Å². The maximum Gasteiger partial charge on any atom is 0.408 e. The smallest absolute Gasteiger partial charge is 0.408 e. The number of methoxy groups -OCH3 is 1. The van der Waals surface area contributed by atoms with Gasteiger partial charge in [-0.05, 0) is 48.2 Å². The number of nitrogens with zero attached hydrogens (tertiary/aromatic N) is 2. The van der Waals surface area contributed by atoms with Crippen LogP contribution in [0.2, 0.25) is 0 Å². The highest BCUT2D eigenvalue weighted by Gasteiger charge is 2.30. The summed E-state index contributed by atoms with van der Waals surface area (Å²) in [7, 11) is 1.24. The van der Waals surface area contributed by atoms with Crippen LogP contribution in [0.4, 0.5) is 4.79 Å². The molecule has 0 saturated heterocycles. The first-order valence-corrected chi connectivity index (χ1v) is 7.75. The highest BCUT2D eigenvalue weighted by molar-refractivity contribution is 5.80. The number of hydrogen-bond acceptors (Lipinski definition) is 5. The van der Waals surface area contributed by atoms with Crippen molar-refractivity contribution < 1.29 is 24.5 Å². The minimum atomic E-state index is -1.20. The number of pyridine rings is 1. The van der Waals surface area contributed by atoms with E-state index >= 15 is 0 Å². The Bertz CT molecular complexity index is 703. The number of aryl methyl sites for hydroxylation is 1. The SMILES string of the molecule is COC(=O)[C@H](CCc1ccc(O)cc1)N(Cc1ccncc1)C(=O)O. The van der Waals surface area contributed by atoms with Crippen LogP contribution in [0.1, 0.15) is 17.5 Å². The molecular weight excluding hydrogens is 324 g/mol. The molecule has 1 amide bonds. The first kappa shape index (κ1) is 18.3. The number of phenolic OH excluding ortho intramolecular Hbond substituents is 1. The molecule has 1 aromatic carbocycles. The Morgan fingerprint density at radius 3 is 2.32 bits per heavy atom. The van der Waals surface area contributed by atoms with E-state index in [9.17, 15) is 19.8 Å². The van der Waals surface area contributed by atoms with Crippen molar-refractivity contribution in [3.05, 3.63) is 59.9 Å². The largest absolute Gasteiger partial charge is 0.508 e. The van der Waals surface area contributed by atoms with Gasteiger partial charge in [0.2, 0.25) is 0 Å². The molecule has 1 heterocycles. The average molecular weight is 344 g/mol. The Balaban J connectivity index is 2.15. The lowest BCUT2D eigenvalue weighted by Gasteiger charge is -2.27. The van der Waals surface area contributed by atoms with E-state index in [1.165, 1.54) is 7.11 Å². The number of carbonyl (C=O) groups excluding carboxylic acids is 1. The number of carbonyl (C=O) groups is 2. The van der Waals surface area contributed by atoms with Gasteiger partial charge >= 0.3 is 12.1 Å². The summed E-state index contributed by atoms with van der Waals surface area (Å²) in [5.74, 6) is -0.451. The van der Waals surface area contributed by atoms with Gasteiger partial charge in [0, 0.05) is 12.4 Å². The molecule has 7 nitrogen and oxygen atoms in total. The molecule has 7 heteroatoms. The van der Waals surface area contributed by atoms with Gasteiger partial charge < -0.3 is 14.9 Å². The lowest BCUT2D eigenvalue weighted by atomic mass is 10.0. The fraction of sp³-hybridized carbons (Fsp3) is 0.278. The second-order valence-corrected chi connectivity index (χ2v) is 5.51. The van der Waals surface area contributed by atoms with Gasteiger partial charge in [-0.1, -0.05) is 12.1 Å². The normalized spacial score (nSPS) is 11.6. The van der Waals surface area contributed by atoms with E-state index in [-0.39, 0.29) is 18.7 Å². The summed E-state index contributed by atoms with van der Waals surface area (Å²) in [6, 6.07) is 9.04. The molecule has 0 bridgehead atoms. The molecule has 1 atom stereocenters. The Morgan fingerprint density at radius 1 is 1.12 bits per heavy atom. The number of benzene rings is 1. The summed E-state index contributed by atoms with van der Waals surface area (Å²) < 4.78 is 4.79. The Labute approximate surface area is 145 Å². The number of hydrogen-bond donors (Lipinski definition) is 2. The van der Waals surface area contributed by atoms with E-state index in [0.29, 0.717) is 6.42 Å². The fourth-order valence-electron chi connectivity index (χ4n) is 2.50. The van der Waals surface area contributed by atoms with Crippen LogP contribution in [0.3, 0.4) is 0 Å². The van der Waals surface area contributed by atoms with E-state index in [2.05, 4.69) is 4.98 Å². The highest BCUT2D eigenvalue weighted by Crippen LogP contribution is 2.17. The minimum absolute atomic E-state index is 0.0627. The Kier molecular flexibility index (Phi) is 6.33. The van der Waals surface area contributed by atoms with E-state index in [4.69, 9.17) is 4.74 Å². The van der Waals surface area contributed by atoms with Crippen LogP contribution in [0.25, 0.3) is 0 Å². The third-order valence-corrected chi connectivity index (χ3v) is 3.84. The summed E-state index contributed by atoms with van der Waals surface area (Å²) in [6.45, 7) is 0.0627. The van der Waals surface area contributed by atoms with Gasteiger partial charge in [-0.25, -0.2) is 9.59 Å². The number of aromatic nitrogens is 1. The number of amides is 1. The van der Waals surface area contributed by atoms with Gasteiger partial charge in [-0.15, -0.1) is 0 Å². The van der Waals surface area contributed by atoms with Crippen LogP contribution in [0, 0.1) is 0 Å². The van der Waals surface area contributed by atoms with Crippen LogP contribution >= 0.6 is 0 Å². The summed E-state index contributed by atoms with van der Waals surface area (Å²) in [6.07, 6.45) is 2.69. The van der Waals surface area contributed by atoms with Gasteiger partial charge in [0.05, 0.1) is 13.7 Å².